The van der Waals surface area contributed by atoms with Gasteiger partial charge in [-0.05, 0) is 6.42 Å². The SMILES string of the molecule is C=CCOCCCCC.O=S(=O)([O-])[O-].[Mg+2]. The molecule has 0 aromatic heterocycles. The van der Waals surface area contributed by atoms with E-state index in [0.717, 1.165) is 6.61 Å². The number of hydrogen-bond donors (Lipinski definition) is 0. The van der Waals surface area contributed by atoms with Crippen molar-refractivity contribution in [2.24, 2.45) is 0 Å². The maximum Gasteiger partial charge on any atom is 2.00 e. The minimum Gasteiger partial charge on any atom is -0.759 e. The van der Waals surface area contributed by atoms with E-state index in [1.807, 2.05) is 0 Å². The Kier molecular flexibility index (Phi) is 19.8. The standard InChI is InChI=1S/C8H16O.Mg.H2O4S/c1-3-5-6-8-9-7-4-2;;1-5(2,3)4/h4H,2-3,5-8H2,1H3;;(H2,1,2,3,4)/q;+2;/p-2. The normalized spacial score (nSPS) is 9.53. The Morgan fingerprint density at radius 1 is 1.33 bits per heavy atom. The summed E-state index contributed by atoms with van der Waals surface area (Å²) in [5, 5.41) is 0. The average Bonchev–Trinajstić information content (AvgIpc) is 2.01. The summed E-state index contributed by atoms with van der Waals surface area (Å²) in [6.07, 6.45) is 5.50. The predicted molar refractivity (Wildman–Crippen MR) is 56.8 cm³/mol. The molecule has 0 unspecified atom stereocenters. The molecule has 0 radical (unpaired) electrons. The Morgan fingerprint density at radius 2 is 1.80 bits per heavy atom. The van der Waals surface area contributed by atoms with Crippen molar-refractivity contribution in [3.8, 4) is 0 Å². The van der Waals surface area contributed by atoms with Crippen LogP contribution in [0.2, 0.25) is 0 Å². The van der Waals surface area contributed by atoms with Crippen LogP contribution in [0.1, 0.15) is 26.2 Å². The van der Waals surface area contributed by atoms with Crippen molar-refractivity contribution in [3.63, 3.8) is 0 Å². The van der Waals surface area contributed by atoms with Gasteiger partial charge in [0.15, 0.2) is 0 Å². The number of hydrogen-bond acceptors (Lipinski definition) is 5. The third-order valence-corrected chi connectivity index (χ3v) is 1.13. The molecule has 0 spiro atoms. The maximum absolute atomic E-state index is 8.52. The topological polar surface area (TPSA) is 89.5 Å². The van der Waals surface area contributed by atoms with E-state index >= 15 is 0 Å². The van der Waals surface area contributed by atoms with Gasteiger partial charge in [0.2, 0.25) is 0 Å². The van der Waals surface area contributed by atoms with Crippen LogP contribution in [0.4, 0.5) is 0 Å². The molecule has 0 rings (SSSR count). The fourth-order valence-corrected chi connectivity index (χ4v) is 0.621. The first-order chi connectivity index (χ1) is 6.41. The molecule has 0 atom stereocenters. The molecule has 5 nitrogen and oxygen atoms in total. The molecule has 0 N–H and O–H groups in total. The van der Waals surface area contributed by atoms with Gasteiger partial charge < -0.3 is 13.8 Å². The zero-order valence-corrected chi connectivity index (χ0v) is 11.2. The Bertz CT molecular complexity index is 207. The van der Waals surface area contributed by atoms with Gasteiger partial charge in [0.05, 0.1) is 6.61 Å². The van der Waals surface area contributed by atoms with E-state index in [-0.39, 0.29) is 23.1 Å². The first kappa shape index (κ1) is 20.7. The molecule has 0 aromatic carbocycles. The molecule has 0 saturated heterocycles. The predicted octanol–water partition coefficient (Wildman–Crippen LogP) is 0.660. The monoisotopic (exact) mass is 248 g/mol. The zero-order valence-electron chi connectivity index (χ0n) is 8.98. The minimum absolute atomic E-state index is 0. The summed E-state index contributed by atoms with van der Waals surface area (Å²) < 4.78 is 39.3. The molecular formula is C8H16MgO5S. The van der Waals surface area contributed by atoms with E-state index in [4.69, 9.17) is 22.3 Å². The van der Waals surface area contributed by atoms with E-state index in [1.165, 1.54) is 19.3 Å². The number of unbranched alkanes of at least 4 members (excludes halogenated alkanes) is 2. The molecule has 7 heteroatoms. The summed E-state index contributed by atoms with van der Waals surface area (Å²) in [6.45, 7) is 7.33. The van der Waals surface area contributed by atoms with Gasteiger partial charge in [-0.25, -0.2) is 0 Å². The van der Waals surface area contributed by atoms with Gasteiger partial charge >= 0.3 is 23.1 Å². The third-order valence-electron chi connectivity index (χ3n) is 1.13. The van der Waals surface area contributed by atoms with Crippen molar-refractivity contribution in [1.29, 1.82) is 0 Å². The van der Waals surface area contributed by atoms with Crippen molar-refractivity contribution < 1.29 is 22.3 Å². The molecular weight excluding hydrogens is 232 g/mol. The molecule has 0 saturated carbocycles. The fourth-order valence-electron chi connectivity index (χ4n) is 0.621. The van der Waals surface area contributed by atoms with Gasteiger partial charge in [-0.3, -0.25) is 8.42 Å². The van der Waals surface area contributed by atoms with Crippen LogP contribution in [-0.2, 0) is 15.1 Å². The molecule has 0 aliphatic carbocycles. The molecule has 0 fully saturated rings. The molecule has 86 valence electrons. The van der Waals surface area contributed by atoms with Gasteiger partial charge in [0.1, 0.15) is 0 Å². The van der Waals surface area contributed by atoms with Crippen molar-refractivity contribution in [2.45, 2.75) is 26.2 Å². The molecule has 0 aliphatic heterocycles. The van der Waals surface area contributed by atoms with Gasteiger partial charge in [-0.15, -0.1) is 6.58 Å². The largest absolute Gasteiger partial charge is 2.00 e. The second-order valence-corrected chi connectivity index (χ2v) is 3.30. The summed E-state index contributed by atoms with van der Waals surface area (Å²) in [5.74, 6) is 0. The molecule has 15 heavy (non-hydrogen) atoms. The third kappa shape index (κ3) is 54.3. The van der Waals surface area contributed by atoms with Crippen LogP contribution >= 0.6 is 0 Å². The van der Waals surface area contributed by atoms with E-state index < -0.39 is 10.4 Å². The van der Waals surface area contributed by atoms with Crippen molar-refractivity contribution >= 4 is 33.5 Å². The minimum atomic E-state index is -5.17. The fraction of sp³-hybridized carbons (Fsp3) is 0.750. The Labute approximate surface area is 108 Å². The van der Waals surface area contributed by atoms with Gasteiger partial charge in [0.25, 0.3) is 0 Å². The van der Waals surface area contributed by atoms with Crippen LogP contribution < -0.4 is 0 Å². The van der Waals surface area contributed by atoms with Gasteiger partial charge in [-0.2, -0.15) is 0 Å². The van der Waals surface area contributed by atoms with Crippen LogP contribution in [0.3, 0.4) is 0 Å². The smallest absolute Gasteiger partial charge is 0.759 e. The van der Waals surface area contributed by atoms with Crippen molar-refractivity contribution in [1.82, 2.24) is 0 Å². The summed E-state index contributed by atoms with van der Waals surface area (Å²) in [7, 11) is -5.17. The van der Waals surface area contributed by atoms with Crippen LogP contribution in [0.15, 0.2) is 12.7 Å². The first-order valence-electron chi connectivity index (χ1n) is 4.27. The first-order valence-corrected chi connectivity index (χ1v) is 5.60. The summed E-state index contributed by atoms with van der Waals surface area (Å²) in [4.78, 5) is 0. The van der Waals surface area contributed by atoms with Gasteiger partial charge in [0, 0.05) is 17.0 Å². The maximum atomic E-state index is 8.52. The average molecular weight is 249 g/mol. The van der Waals surface area contributed by atoms with E-state index in [0.29, 0.717) is 6.61 Å². The molecule has 0 aromatic rings. The molecule has 0 aliphatic rings. The van der Waals surface area contributed by atoms with E-state index in [2.05, 4.69) is 13.5 Å². The number of rotatable bonds is 6. The second-order valence-electron chi connectivity index (χ2n) is 2.48. The van der Waals surface area contributed by atoms with Gasteiger partial charge in [-0.1, -0.05) is 25.8 Å². The van der Waals surface area contributed by atoms with Crippen LogP contribution in [0.5, 0.6) is 0 Å². The molecule has 0 amide bonds. The number of ether oxygens (including phenoxy) is 1. The summed E-state index contributed by atoms with van der Waals surface area (Å²) in [5.41, 5.74) is 0. The van der Waals surface area contributed by atoms with Crippen LogP contribution in [0, 0.1) is 0 Å². The van der Waals surface area contributed by atoms with Crippen molar-refractivity contribution in [3.05, 3.63) is 12.7 Å². The van der Waals surface area contributed by atoms with E-state index in [1.54, 1.807) is 6.08 Å². The van der Waals surface area contributed by atoms with E-state index in [9.17, 15) is 0 Å². The van der Waals surface area contributed by atoms with Crippen LogP contribution in [0.25, 0.3) is 0 Å². The quantitative estimate of drug-likeness (QED) is 0.226. The summed E-state index contributed by atoms with van der Waals surface area (Å²) >= 11 is 0. The Morgan fingerprint density at radius 3 is 2.13 bits per heavy atom. The molecule has 0 bridgehead atoms. The Balaban J connectivity index is -0.000000208. The molecule has 0 heterocycles. The Hall–Kier alpha value is 0.336. The second kappa shape index (κ2) is 14.3. The van der Waals surface area contributed by atoms with Crippen molar-refractivity contribution in [2.75, 3.05) is 13.2 Å². The summed E-state index contributed by atoms with van der Waals surface area (Å²) in [6, 6.07) is 0. The van der Waals surface area contributed by atoms with Crippen LogP contribution in [-0.4, -0.2) is 53.8 Å². The zero-order chi connectivity index (χ0) is 11.4.